The van der Waals surface area contributed by atoms with Crippen LogP contribution in [0.4, 0.5) is 11.5 Å². The van der Waals surface area contributed by atoms with E-state index in [9.17, 15) is 13.2 Å². The summed E-state index contributed by atoms with van der Waals surface area (Å²) >= 11 is 6.74. The van der Waals surface area contributed by atoms with Gasteiger partial charge >= 0.3 is 0 Å². The molecular formula is C23H16ClN7O5S2. The van der Waals surface area contributed by atoms with Crippen molar-refractivity contribution < 1.29 is 22.0 Å². The van der Waals surface area contributed by atoms with E-state index in [2.05, 4.69) is 35.4 Å². The highest BCUT2D eigenvalue weighted by Crippen LogP contribution is 2.30. The van der Waals surface area contributed by atoms with Crippen LogP contribution < -0.4 is 10.0 Å². The number of benzene rings is 1. The van der Waals surface area contributed by atoms with Gasteiger partial charge in [-0.1, -0.05) is 23.4 Å². The molecule has 15 heteroatoms. The molecule has 0 radical (unpaired) electrons. The van der Waals surface area contributed by atoms with Crippen LogP contribution >= 0.6 is 23.4 Å². The zero-order valence-electron chi connectivity index (χ0n) is 19.1. The molecule has 4 aromatic heterocycles. The normalized spacial score (nSPS) is 11.3. The Morgan fingerprint density at radius 3 is 2.21 bits per heavy atom. The number of nitrogens with zero attached hydrogens (tertiary/aromatic N) is 5. The Morgan fingerprint density at radius 1 is 0.868 bits per heavy atom. The summed E-state index contributed by atoms with van der Waals surface area (Å²) in [6, 6.07) is 15.4. The van der Waals surface area contributed by atoms with Gasteiger partial charge < -0.3 is 14.2 Å². The molecule has 2 N–H and O–H groups in total. The lowest BCUT2D eigenvalue weighted by molar-refractivity contribution is -0.113. The Morgan fingerprint density at radius 2 is 1.58 bits per heavy atom. The zero-order chi connectivity index (χ0) is 26.5. The molecule has 4 heterocycles. The molecule has 12 nitrogen and oxygen atoms in total. The van der Waals surface area contributed by atoms with Gasteiger partial charge in [-0.25, -0.2) is 13.4 Å². The Labute approximate surface area is 224 Å². The van der Waals surface area contributed by atoms with Gasteiger partial charge in [0, 0.05) is 5.69 Å². The summed E-state index contributed by atoms with van der Waals surface area (Å²) in [6.45, 7) is 0. The van der Waals surface area contributed by atoms with Crippen molar-refractivity contribution in [3.05, 3.63) is 78.3 Å². The molecular weight excluding hydrogens is 554 g/mol. The lowest BCUT2D eigenvalue weighted by Gasteiger charge is -2.09. The highest BCUT2D eigenvalue weighted by molar-refractivity contribution is 7.99. The second-order valence-electron chi connectivity index (χ2n) is 7.45. The van der Waals surface area contributed by atoms with Crippen molar-refractivity contribution in [2.24, 2.45) is 0 Å². The summed E-state index contributed by atoms with van der Waals surface area (Å²) in [6.07, 6.45) is 3.03. The molecule has 1 aromatic carbocycles. The molecule has 0 spiro atoms. The third-order valence-corrected chi connectivity index (χ3v) is 7.24. The number of furan rings is 2. The van der Waals surface area contributed by atoms with Crippen molar-refractivity contribution in [1.29, 1.82) is 0 Å². The number of thioether (sulfide) groups is 1. The first-order valence-electron chi connectivity index (χ1n) is 10.7. The van der Waals surface area contributed by atoms with E-state index in [4.69, 9.17) is 20.4 Å². The molecule has 0 aliphatic rings. The monoisotopic (exact) mass is 569 g/mol. The molecule has 38 heavy (non-hydrogen) atoms. The molecule has 0 aliphatic heterocycles. The fourth-order valence-corrected chi connectivity index (χ4v) is 4.83. The van der Waals surface area contributed by atoms with E-state index in [1.54, 1.807) is 24.3 Å². The molecule has 192 valence electrons. The van der Waals surface area contributed by atoms with E-state index in [0.717, 1.165) is 11.8 Å². The van der Waals surface area contributed by atoms with Gasteiger partial charge in [0.1, 0.15) is 5.69 Å². The fourth-order valence-electron chi connectivity index (χ4n) is 3.15. The minimum absolute atomic E-state index is 0.0176. The highest BCUT2D eigenvalue weighted by Gasteiger charge is 2.19. The molecule has 1 amide bonds. The van der Waals surface area contributed by atoms with Crippen molar-refractivity contribution >= 4 is 50.8 Å². The van der Waals surface area contributed by atoms with Crippen LogP contribution in [0.2, 0.25) is 5.15 Å². The Kier molecular flexibility index (Phi) is 7.35. The van der Waals surface area contributed by atoms with E-state index >= 15 is 0 Å². The minimum Gasteiger partial charge on any atom is -0.463 e. The van der Waals surface area contributed by atoms with Crippen LogP contribution in [0.5, 0.6) is 0 Å². The summed E-state index contributed by atoms with van der Waals surface area (Å²) in [4.78, 5) is 17.0. The van der Waals surface area contributed by atoms with Gasteiger partial charge in [-0.3, -0.25) is 9.52 Å². The van der Waals surface area contributed by atoms with E-state index in [-0.39, 0.29) is 32.7 Å². The van der Waals surface area contributed by atoms with Gasteiger partial charge in [0.05, 0.1) is 23.2 Å². The van der Waals surface area contributed by atoms with Crippen LogP contribution in [0.1, 0.15) is 0 Å². The maximum Gasteiger partial charge on any atom is 0.263 e. The molecule has 0 aliphatic carbocycles. The topological polar surface area (TPSA) is 166 Å². The predicted octanol–water partition coefficient (Wildman–Crippen LogP) is 4.37. The smallest absolute Gasteiger partial charge is 0.263 e. The van der Waals surface area contributed by atoms with Gasteiger partial charge in [0.15, 0.2) is 28.2 Å². The summed E-state index contributed by atoms with van der Waals surface area (Å²) in [5.41, 5.74) is 1.24. The number of nitrogens with one attached hydrogen (secondary N) is 2. The molecule has 0 bridgehead atoms. The van der Waals surface area contributed by atoms with E-state index in [1.165, 1.54) is 48.9 Å². The van der Waals surface area contributed by atoms with Crippen LogP contribution in [0.15, 0.2) is 92.1 Å². The fraction of sp³-hybridized carbons (Fsp3) is 0.0435. The van der Waals surface area contributed by atoms with Crippen molar-refractivity contribution in [3.63, 3.8) is 0 Å². The number of amides is 1. The summed E-state index contributed by atoms with van der Waals surface area (Å²) < 4.78 is 38.3. The third-order valence-electron chi connectivity index (χ3n) is 4.83. The van der Waals surface area contributed by atoms with Gasteiger partial charge in [0.25, 0.3) is 10.0 Å². The predicted molar refractivity (Wildman–Crippen MR) is 139 cm³/mol. The number of hydrogen-bond donors (Lipinski definition) is 2. The van der Waals surface area contributed by atoms with Crippen LogP contribution in [0.25, 0.3) is 22.9 Å². The first kappa shape index (κ1) is 25.4. The number of carbonyl (C=O) groups is 1. The van der Waals surface area contributed by atoms with Gasteiger partial charge in [-0.15, -0.1) is 20.4 Å². The molecule has 0 fully saturated rings. The second-order valence-corrected chi connectivity index (χ2v) is 10.5. The zero-order valence-corrected chi connectivity index (χ0v) is 21.5. The number of rotatable bonds is 9. The lowest BCUT2D eigenvalue weighted by Crippen LogP contribution is -2.16. The second kappa shape index (κ2) is 11.0. The molecule has 0 saturated carbocycles. The van der Waals surface area contributed by atoms with Crippen LogP contribution in [0.3, 0.4) is 0 Å². The number of carbonyl (C=O) groups excluding carboxylic acids is 1. The quantitative estimate of drug-likeness (QED) is 0.242. The number of sulfonamides is 1. The Hall–Kier alpha value is -4.27. The van der Waals surface area contributed by atoms with Gasteiger partial charge in [-0.2, -0.15) is 0 Å². The SMILES string of the molecule is O=C(CSc1nnc(-c2ccco2)c(-c2ccco2)n1)Nc1ccc(S(=O)(=O)Nc2ccc(Cl)nn2)cc1. The molecule has 5 aromatic rings. The average molecular weight is 570 g/mol. The van der Waals surface area contributed by atoms with Crippen LogP contribution in [-0.2, 0) is 14.8 Å². The lowest BCUT2D eigenvalue weighted by atomic mass is 10.2. The number of halogens is 1. The van der Waals surface area contributed by atoms with Crippen LogP contribution in [-0.4, -0.2) is 45.5 Å². The van der Waals surface area contributed by atoms with E-state index < -0.39 is 10.0 Å². The molecule has 0 unspecified atom stereocenters. The summed E-state index contributed by atoms with van der Waals surface area (Å²) in [7, 11) is -3.91. The van der Waals surface area contributed by atoms with Crippen LogP contribution in [0, 0.1) is 0 Å². The van der Waals surface area contributed by atoms with E-state index in [1.807, 2.05) is 0 Å². The van der Waals surface area contributed by atoms with E-state index in [0.29, 0.717) is 28.6 Å². The largest absolute Gasteiger partial charge is 0.463 e. The molecule has 0 atom stereocenters. The van der Waals surface area contributed by atoms with Gasteiger partial charge in [-0.05, 0) is 60.7 Å². The van der Waals surface area contributed by atoms with Crippen molar-refractivity contribution in [1.82, 2.24) is 25.4 Å². The number of anilines is 2. The first-order chi connectivity index (χ1) is 18.4. The van der Waals surface area contributed by atoms with Crippen molar-refractivity contribution in [2.75, 3.05) is 15.8 Å². The Bertz CT molecular complexity index is 1650. The van der Waals surface area contributed by atoms with Crippen molar-refractivity contribution in [3.8, 4) is 22.9 Å². The maximum atomic E-state index is 12.6. The maximum absolute atomic E-state index is 12.6. The highest BCUT2D eigenvalue weighted by atomic mass is 35.5. The van der Waals surface area contributed by atoms with Crippen molar-refractivity contribution in [2.45, 2.75) is 10.1 Å². The Balaban J connectivity index is 1.22. The summed E-state index contributed by atoms with van der Waals surface area (Å²) in [5.74, 6) is 0.611. The number of aromatic nitrogens is 5. The molecule has 0 saturated heterocycles. The average Bonchev–Trinajstić information content (AvgIpc) is 3.64. The summed E-state index contributed by atoms with van der Waals surface area (Å²) in [5, 5.41) is 18.7. The third kappa shape index (κ3) is 5.99. The number of hydrogen-bond acceptors (Lipinski definition) is 11. The van der Waals surface area contributed by atoms with Gasteiger partial charge in [0.2, 0.25) is 11.1 Å². The molecule has 5 rings (SSSR count). The first-order valence-corrected chi connectivity index (χ1v) is 13.6. The minimum atomic E-state index is -3.91. The standard InChI is InChI=1S/C23H16ClN7O5S2/c24-18-9-10-19(28-27-18)31-38(33,34)15-7-5-14(6-8-15)25-20(32)13-37-23-26-21(16-3-1-11-35-16)22(29-30-23)17-4-2-12-36-17/h1-12H,13H2,(H,25,32)(H,28,31).